The van der Waals surface area contributed by atoms with Crippen LogP contribution in [0.2, 0.25) is 0 Å². The van der Waals surface area contributed by atoms with Crippen molar-refractivity contribution in [1.29, 1.82) is 0 Å². The molecule has 0 amide bonds. The zero-order valence-corrected chi connectivity index (χ0v) is 8.94. The number of nitrogens with two attached hydrogens (primary N) is 1. The van der Waals surface area contributed by atoms with Gasteiger partial charge in [0, 0.05) is 19.7 Å². The first kappa shape index (κ1) is 11.1. The third-order valence-corrected chi connectivity index (χ3v) is 2.23. The minimum atomic E-state index is 0.438. The van der Waals surface area contributed by atoms with Gasteiger partial charge in [-0.2, -0.15) is 0 Å². The minimum Gasteiger partial charge on any atom is -0.384 e. The van der Waals surface area contributed by atoms with Crippen molar-refractivity contribution in [3.8, 4) is 0 Å². The summed E-state index contributed by atoms with van der Waals surface area (Å²) in [6, 6.07) is 6.48. The average molecular weight is 195 g/mol. The van der Waals surface area contributed by atoms with E-state index in [-0.39, 0.29) is 0 Å². The molecule has 3 nitrogen and oxygen atoms in total. The summed E-state index contributed by atoms with van der Waals surface area (Å²) in [4.78, 5) is 4.32. The van der Waals surface area contributed by atoms with Crippen LogP contribution in [-0.2, 0) is 4.74 Å². The highest BCUT2D eigenvalue weighted by Crippen LogP contribution is 2.01. The summed E-state index contributed by atoms with van der Waals surface area (Å²) in [5, 5.41) is 2.29. The van der Waals surface area contributed by atoms with Gasteiger partial charge in [-0.1, -0.05) is 6.07 Å². The highest BCUT2D eigenvalue weighted by molar-refractivity contribution is 5.05. The third-order valence-electron chi connectivity index (χ3n) is 2.23. The van der Waals surface area contributed by atoms with Crippen LogP contribution >= 0.6 is 0 Å². The number of hydrogen-bond donors (Lipinski definition) is 1. The Hall–Kier alpha value is -0.930. The maximum atomic E-state index is 4.99. The van der Waals surface area contributed by atoms with Gasteiger partial charge in [-0.25, -0.2) is 0 Å². The molecule has 0 aliphatic rings. The molecule has 0 aromatic carbocycles. The van der Waals surface area contributed by atoms with Crippen molar-refractivity contribution in [3.05, 3.63) is 30.1 Å². The van der Waals surface area contributed by atoms with E-state index in [0.717, 1.165) is 25.3 Å². The van der Waals surface area contributed by atoms with Gasteiger partial charge in [0.05, 0.1) is 18.8 Å². The smallest absolute Gasteiger partial charge is 0.126 e. The molecule has 1 rings (SSSR count). The molecule has 0 aliphatic carbocycles. The van der Waals surface area contributed by atoms with Crippen molar-refractivity contribution in [2.75, 3.05) is 20.3 Å². The highest BCUT2D eigenvalue weighted by atomic mass is 16.5. The van der Waals surface area contributed by atoms with Gasteiger partial charge in [0.2, 0.25) is 0 Å². The van der Waals surface area contributed by atoms with E-state index in [1.165, 1.54) is 0 Å². The summed E-state index contributed by atoms with van der Waals surface area (Å²) < 4.78 is 4.99. The van der Waals surface area contributed by atoms with Gasteiger partial charge in [-0.15, -0.1) is 0 Å². The van der Waals surface area contributed by atoms with Crippen molar-refractivity contribution in [2.45, 2.75) is 19.4 Å². The Kier molecular flexibility index (Phi) is 5.19. The molecule has 3 heteroatoms. The lowest BCUT2D eigenvalue weighted by Crippen LogP contribution is -2.84. The normalized spacial score (nSPS) is 12.7. The molecule has 0 aliphatic heterocycles. The zero-order chi connectivity index (χ0) is 10.2. The molecule has 78 valence electrons. The SMILES string of the molecule is COCCC[NH2+][C@H](C)c1ccccn1. The van der Waals surface area contributed by atoms with E-state index in [4.69, 9.17) is 4.74 Å². The lowest BCUT2D eigenvalue weighted by atomic mass is 10.2. The number of nitrogens with zero attached hydrogens (tertiary/aromatic N) is 1. The van der Waals surface area contributed by atoms with Crippen LogP contribution in [0.25, 0.3) is 0 Å². The lowest BCUT2D eigenvalue weighted by molar-refractivity contribution is -0.693. The van der Waals surface area contributed by atoms with Gasteiger partial charge in [0.15, 0.2) is 0 Å². The molecule has 0 fully saturated rings. The molecule has 0 unspecified atom stereocenters. The largest absolute Gasteiger partial charge is 0.384 e. The van der Waals surface area contributed by atoms with Crippen LogP contribution in [0.3, 0.4) is 0 Å². The molecule has 0 saturated heterocycles. The Morgan fingerprint density at radius 1 is 1.50 bits per heavy atom. The Morgan fingerprint density at radius 3 is 3.00 bits per heavy atom. The van der Waals surface area contributed by atoms with E-state index in [9.17, 15) is 0 Å². The van der Waals surface area contributed by atoms with Crippen LogP contribution in [0.4, 0.5) is 0 Å². The quantitative estimate of drug-likeness (QED) is 0.680. The first-order valence-electron chi connectivity index (χ1n) is 5.08. The van der Waals surface area contributed by atoms with Gasteiger partial charge in [0.25, 0.3) is 0 Å². The maximum absolute atomic E-state index is 4.99. The number of hydrogen-bond acceptors (Lipinski definition) is 2. The molecule has 1 aromatic rings. The molecule has 0 saturated carbocycles. The Morgan fingerprint density at radius 2 is 2.36 bits per heavy atom. The summed E-state index contributed by atoms with van der Waals surface area (Å²) in [7, 11) is 1.74. The van der Waals surface area contributed by atoms with E-state index >= 15 is 0 Å². The van der Waals surface area contributed by atoms with Crippen molar-refractivity contribution in [2.24, 2.45) is 0 Å². The fraction of sp³-hybridized carbons (Fsp3) is 0.545. The minimum absolute atomic E-state index is 0.438. The summed E-state index contributed by atoms with van der Waals surface area (Å²) in [6.07, 6.45) is 2.93. The van der Waals surface area contributed by atoms with Crippen molar-refractivity contribution < 1.29 is 10.1 Å². The van der Waals surface area contributed by atoms with Gasteiger partial charge in [0.1, 0.15) is 6.04 Å². The number of pyridine rings is 1. The molecule has 0 spiro atoms. The molecular weight excluding hydrogens is 176 g/mol. The summed E-state index contributed by atoms with van der Waals surface area (Å²) in [5.74, 6) is 0. The van der Waals surface area contributed by atoms with Gasteiger partial charge in [-0.3, -0.25) is 4.98 Å². The molecular formula is C11H19N2O+. The first-order valence-corrected chi connectivity index (χ1v) is 5.08. The number of quaternary nitrogens is 1. The fourth-order valence-corrected chi connectivity index (χ4v) is 1.36. The average Bonchev–Trinajstić information content (AvgIpc) is 2.25. The number of ether oxygens (including phenoxy) is 1. The van der Waals surface area contributed by atoms with Crippen molar-refractivity contribution in [1.82, 2.24) is 4.98 Å². The zero-order valence-electron chi connectivity index (χ0n) is 8.94. The number of methoxy groups -OCH3 is 1. The lowest BCUT2D eigenvalue weighted by Gasteiger charge is -2.09. The first-order chi connectivity index (χ1) is 6.84. The van der Waals surface area contributed by atoms with Gasteiger partial charge < -0.3 is 10.1 Å². The predicted octanol–water partition coefficient (Wildman–Crippen LogP) is 0.742. The van der Waals surface area contributed by atoms with E-state index in [1.54, 1.807) is 7.11 Å². The summed E-state index contributed by atoms with van der Waals surface area (Å²) in [5.41, 5.74) is 1.14. The second-order valence-corrected chi connectivity index (χ2v) is 3.41. The van der Waals surface area contributed by atoms with E-state index in [0.29, 0.717) is 6.04 Å². The highest BCUT2D eigenvalue weighted by Gasteiger charge is 2.07. The Labute approximate surface area is 85.5 Å². The Balaban J connectivity index is 2.25. The molecule has 0 radical (unpaired) electrons. The van der Waals surface area contributed by atoms with Gasteiger partial charge in [-0.05, 0) is 19.1 Å². The number of rotatable bonds is 6. The molecule has 1 heterocycles. The second kappa shape index (κ2) is 6.51. The molecule has 0 bridgehead atoms. The van der Waals surface area contributed by atoms with Gasteiger partial charge >= 0.3 is 0 Å². The van der Waals surface area contributed by atoms with Crippen LogP contribution in [0.5, 0.6) is 0 Å². The van der Waals surface area contributed by atoms with Crippen molar-refractivity contribution in [3.63, 3.8) is 0 Å². The van der Waals surface area contributed by atoms with Crippen LogP contribution in [-0.4, -0.2) is 25.2 Å². The van der Waals surface area contributed by atoms with Crippen LogP contribution in [0.15, 0.2) is 24.4 Å². The maximum Gasteiger partial charge on any atom is 0.126 e. The fourth-order valence-electron chi connectivity index (χ4n) is 1.36. The predicted molar refractivity (Wildman–Crippen MR) is 55.9 cm³/mol. The van der Waals surface area contributed by atoms with Crippen LogP contribution < -0.4 is 5.32 Å². The second-order valence-electron chi connectivity index (χ2n) is 3.41. The monoisotopic (exact) mass is 195 g/mol. The summed E-state index contributed by atoms with van der Waals surface area (Å²) >= 11 is 0. The Bertz CT molecular complexity index is 238. The van der Waals surface area contributed by atoms with Crippen LogP contribution in [0.1, 0.15) is 25.1 Å². The number of aromatic nitrogens is 1. The molecule has 14 heavy (non-hydrogen) atoms. The standard InChI is InChI=1S/C11H18N2O/c1-10(12-8-5-9-14-2)11-6-3-4-7-13-11/h3-4,6-7,10,12H,5,8-9H2,1-2H3/p+1/t10-/m1/s1. The third kappa shape index (κ3) is 3.85. The summed E-state index contributed by atoms with van der Waals surface area (Å²) in [6.45, 7) is 4.10. The molecule has 1 atom stereocenters. The topological polar surface area (TPSA) is 38.7 Å². The molecule has 2 N–H and O–H groups in total. The van der Waals surface area contributed by atoms with E-state index < -0.39 is 0 Å². The van der Waals surface area contributed by atoms with Crippen molar-refractivity contribution >= 4 is 0 Å². The van der Waals surface area contributed by atoms with E-state index in [2.05, 4.69) is 23.3 Å². The van der Waals surface area contributed by atoms with E-state index in [1.807, 2.05) is 18.3 Å². The molecule has 1 aromatic heterocycles. The van der Waals surface area contributed by atoms with Crippen LogP contribution in [0, 0.1) is 0 Å².